The van der Waals surface area contributed by atoms with Gasteiger partial charge in [-0.15, -0.1) is 0 Å². The van der Waals surface area contributed by atoms with E-state index in [1.807, 2.05) is 0 Å². The maximum Gasteiger partial charge on any atom is 0.331 e. The fourth-order valence-electron chi connectivity index (χ4n) is 2.41. The number of nitriles is 1. The van der Waals surface area contributed by atoms with Gasteiger partial charge in [0, 0.05) is 18.3 Å². The van der Waals surface area contributed by atoms with Crippen molar-refractivity contribution >= 4 is 0 Å². The minimum absolute atomic E-state index is 0.0905. The van der Waals surface area contributed by atoms with E-state index in [1.165, 1.54) is 10.8 Å². The number of rotatable bonds is 5. The molecule has 0 aliphatic heterocycles. The summed E-state index contributed by atoms with van der Waals surface area (Å²) in [7, 11) is 1.57. The van der Waals surface area contributed by atoms with Crippen molar-refractivity contribution in [2.24, 2.45) is 0 Å². The van der Waals surface area contributed by atoms with Crippen LogP contribution in [0.2, 0.25) is 0 Å². The molecule has 0 spiro atoms. The second kappa shape index (κ2) is 7.06. The summed E-state index contributed by atoms with van der Waals surface area (Å²) in [5.74, 6) is 1.10. The molecule has 0 saturated heterocycles. The maximum absolute atomic E-state index is 12.4. The summed E-state index contributed by atoms with van der Waals surface area (Å²) in [5.41, 5.74) is -0.654. The summed E-state index contributed by atoms with van der Waals surface area (Å²) in [6.07, 6.45) is 1.25. The molecule has 0 aliphatic carbocycles. The van der Waals surface area contributed by atoms with E-state index in [0.717, 1.165) is 4.57 Å². The molecule has 0 atom stereocenters. The normalized spacial score (nSPS) is 10.5. The number of aryl methyl sites for hydroxylation is 1. The van der Waals surface area contributed by atoms with Gasteiger partial charge in [0.15, 0.2) is 0 Å². The highest BCUT2D eigenvalue weighted by Crippen LogP contribution is 2.19. The lowest BCUT2D eigenvalue weighted by Crippen LogP contribution is -2.41. The van der Waals surface area contributed by atoms with Gasteiger partial charge >= 0.3 is 5.69 Å². The van der Waals surface area contributed by atoms with Gasteiger partial charge in [-0.05, 0) is 31.2 Å². The molecule has 0 bridgehead atoms. The molecule has 0 unspecified atom stereocenters. The van der Waals surface area contributed by atoms with E-state index >= 15 is 0 Å². The highest BCUT2D eigenvalue weighted by atomic mass is 16.5. The van der Waals surface area contributed by atoms with Crippen LogP contribution in [0.15, 0.2) is 44.6 Å². The van der Waals surface area contributed by atoms with E-state index in [1.54, 1.807) is 44.4 Å². The standard InChI is InChI=1S/C17H15N5O4/c1-3-21-9-12(8-18)16(23)22(17(21)24)10-14-19-15(20-26-14)11-4-6-13(25-2)7-5-11/h4-7,9H,3,10H2,1-2H3. The minimum Gasteiger partial charge on any atom is -0.497 e. The topological polar surface area (TPSA) is 116 Å². The summed E-state index contributed by atoms with van der Waals surface area (Å²) < 4.78 is 12.4. The molecule has 1 aromatic carbocycles. The first-order valence-electron chi connectivity index (χ1n) is 7.78. The third-order valence-corrected chi connectivity index (χ3v) is 3.81. The first kappa shape index (κ1) is 17.2. The van der Waals surface area contributed by atoms with E-state index in [9.17, 15) is 9.59 Å². The summed E-state index contributed by atoms with van der Waals surface area (Å²) >= 11 is 0. The van der Waals surface area contributed by atoms with Gasteiger partial charge in [-0.2, -0.15) is 10.2 Å². The molecule has 9 heteroatoms. The Morgan fingerprint density at radius 2 is 2.00 bits per heavy atom. The number of hydrogen-bond acceptors (Lipinski definition) is 7. The third kappa shape index (κ3) is 3.12. The largest absolute Gasteiger partial charge is 0.497 e. The third-order valence-electron chi connectivity index (χ3n) is 3.81. The molecule has 2 aromatic heterocycles. The summed E-state index contributed by atoms with van der Waals surface area (Å²) in [6.45, 7) is 1.86. The Kier molecular flexibility index (Phi) is 4.66. The fourth-order valence-corrected chi connectivity index (χ4v) is 2.41. The predicted octanol–water partition coefficient (Wildman–Crippen LogP) is 1.01. The van der Waals surface area contributed by atoms with Crippen LogP contribution < -0.4 is 16.0 Å². The molecular formula is C17H15N5O4. The summed E-state index contributed by atoms with van der Waals surface area (Å²) in [5, 5.41) is 12.9. The number of methoxy groups -OCH3 is 1. The molecule has 26 heavy (non-hydrogen) atoms. The second-order valence-electron chi connectivity index (χ2n) is 5.35. The van der Waals surface area contributed by atoms with Gasteiger partial charge in [0.25, 0.3) is 5.56 Å². The zero-order chi connectivity index (χ0) is 18.7. The van der Waals surface area contributed by atoms with Crippen LogP contribution in [0.4, 0.5) is 0 Å². The molecule has 0 radical (unpaired) electrons. The second-order valence-corrected chi connectivity index (χ2v) is 5.35. The van der Waals surface area contributed by atoms with Crippen molar-refractivity contribution in [3.63, 3.8) is 0 Å². The fraction of sp³-hybridized carbons (Fsp3) is 0.235. The number of nitrogens with zero attached hydrogens (tertiary/aromatic N) is 5. The molecule has 0 N–H and O–H groups in total. The van der Waals surface area contributed by atoms with Crippen LogP contribution in [0.25, 0.3) is 11.4 Å². The zero-order valence-corrected chi connectivity index (χ0v) is 14.2. The molecule has 0 amide bonds. The first-order chi connectivity index (χ1) is 12.6. The van der Waals surface area contributed by atoms with Crippen LogP contribution in [0.3, 0.4) is 0 Å². The van der Waals surface area contributed by atoms with Crippen LogP contribution in [-0.2, 0) is 13.1 Å². The molecule has 0 fully saturated rings. The summed E-state index contributed by atoms with van der Waals surface area (Å²) in [6, 6.07) is 8.83. The lowest BCUT2D eigenvalue weighted by molar-refractivity contribution is 0.365. The SMILES string of the molecule is CCn1cc(C#N)c(=O)n(Cc2nc(-c3ccc(OC)cc3)no2)c1=O. The monoisotopic (exact) mass is 353 g/mol. The van der Waals surface area contributed by atoms with Crippen LogP contribution in [0.1, 0.15) is 18.4 Å². The van der Waals surface area contributed by atoms with E-state index in [4.69, 9.17) is 14.5 Å². The lowest BCUT2D eigenvalue weighted by Gasteiger charge is -2.07. The lowest BCUT2D eigenvalue weighted by atomic mass is 10.2. The van der Waals surface area contributed by atoms with E-state index in [0.29, 0.717) is 23.7 Å². The Hall–Kier alpha value is -3.67. The van der Waals surface area contributed by atoms with Gasteiger partial charge in [-0.25, -0.2) is 9.36 Å². The number of hydrogen-bond donors (Lipinski definition) is 0. The van der Waals surface area contributed by atoms with Crippen LogP contribution in [0.5, 0.6) is 5.75 Å². The predicted molar refractivity (Wildman–Crippen MR) is 90.7 cm³/mol. The molecule has 2 heterocycles. The van der Waals surface area contributed by atoms with Crippen molar-refractivity contribution in [3.05, 3.63) is 62.8 Å². The molecule has 3 aromatic rings. The molecular weight excluding hydrogens is 338 g/mol. The van der Waals surface area contributed by atoms with Gasteiger partial charge in [-0.1, -0.05) is 5.16 Å². The highest BCUT2D eigenvalue weighted by molar-refractivity contribution is 5.55. The minimum atomic E-state index is -0.689. The molecule has 0 aliphatic rings. The van der Waals surface area contributed by atoms with Crippen LogP contribution in [-0.4, -0.2) is 26.4 Å². The Bertz CT molecular complexity index is 1090. The number of ether oxygens (including phenoxy) is 1. The molecule has 0 saturated carbocycles. The zero-order valence-electron chi connectivity index (χ0n) is 14.2. The Morgan fingerprint density at radius 3 is 2.62 bits per heavy atom. The molecule has 9 nitrogen and oxygen atoms in total. The average molecular weight is 353 g/mol. The van der Waals surface area contributed by atoms with Gasteiger partial charge in [0.05, 0.1) is 7.11 Å². The van der Waals surface area contributed by atoms with Crippen molar-refractivity contribution in [3.8, 4) is 23.2 Å². The van der Waals surface area contributed by atoms with Crippen molar-refractivity contribution in [2.75, 3.05) is 7.11 Å². The highest BCUT2D eigenvalue weighted by Gasteiger charge is 2.15. The van der Waals surface area contributed by atoms with E-state index in [-0.39, 0.29) is 18.0 Å². The maximum atomic E-state index is 12.4. The average Bonchev–Trinajstić information content (AvgIpc) is 3.14. The van der Waals surface area contributed by atoms with Gasteiger partial charge in [0.2, 0.25) is 11.7 Å². The van der Waals surface area contributed by atoms with Gasteiger partial charge < -0.3 is 9.26 Å². The Morgan fingerprint density at radius 1 is 1.27 bits per heavy atom. The Labute approximate surface area is 147 Å². The summed E-state index contributed by atoms with van der Waals surface area (Å²) in [4.78, 5) is 28.8. The smallest absolute Gasteiger partial charge is 0.331 e. The number of benzene rings is 1. The van der Waals surface area contributed by atoms with Gasteiger partial charge in [0.1, 0.15) is 23.9 Å². The molecule has 132 valence electrons. The van der Waals surface area contributed by atoms with Crippen molar-refractivity contribution in [1.29, 1.82) is 5.26 Å². The Balaban J connectivity index is 1.96. The molecule has 3 rings (SSSR count). The van der Waals surface area contributed by atoms with E-state index < -0.39 is 11.2 Å². The van der Waals surface area contributed by atoms with Crippen molar-refractivity contribution in [2.45, 2.75) is 20.0 Å². The van der Waals surface area contributed by atoms with Crippen molar-refractivity contribution in [1.82, 2.24) is 19.3 Å². The van der Waals surface area contributed by atoms with E-state index in [2.05, 4.69) is 10.1 Å². The van der Waals surface area contributed by atoms with Crippen molar-refractivity contribution < 1.29 is 9.26 Å². The quantitative estimate of drug-likeness (QED) is 0.672. The van der Waals surface area contributed by atoms with Crippen LogP contribution >= 0.6 is 0 Å². The van der Waals surface area contributed by atoms with Gasteiger partial charge in [-0.3, -0.25) is 9.36 Å². The number of aromatic nitrogens is 4. The first-order valence-corrected chi connectivity index (χ1v) is 7.78. The van der Waals surface area contributed by atoms with Crippen LogP contribution in [0, 0.1) is 11.3 Å².